The van der Waals surface area contributed by atoms with Crippen molar-refractivity contribution in [2.24, 2.45) is 0 Å². The fourth-order valence-electron chi connectivity index (χ4n) is 11.4. The summed E-state index contributed by atoms with van der Waals surface area (Å²) in [4.78, 5) is 24.5. The van der Waals surface area contributed by atoms with E-state index in [4.69, 9.17) is 4.74 Å². The number of amides is 1. The molecule has 0 saturated heterocycles. The average Bonchev–Trinajstić information content (AvgIpc) is 3.46. The predicted octanol–water partition coefficient (Wildman–Crippen LogP) is 23.5. The van der Waals surface area contributed by atoms with Crippen LogP contribution in [-0.2, 0) is 14.3 Å². The molecule has 6 nitrogen and oxygen atoms in total. The van der Waals surface area contributed by atoms with Gasteiger partial charge in [0.2, 0.25) is 5.91 Å². The SMILES string of the molecule is CCCCCCCCCCCCCCCCCCCCCCC/C=C/C(O)C(CO)NC(=O)CCCCCCCCCCCCCCC/C=C\C/C=C\CCCCCCCCCCCOC(=O)CCCCCCCCCCCCC. The van der Waals surface area contributed by atoms with Gasteiger partial charge in [0.25, 0.3) is 0 Å². The first-order chi connectivity index (χ1) is 39.5. The van der Waals surface area contributed by atoms with Gasteiger partial charge in [0.05, 0.1) is 25.4 Å². The Balaban J connectivity index is 3.44. The van der Waals surface area contributed by atoms with Crippen LogP contribution in [0.1, 0.15) is 399 Å². The zero-order valence-electron chi connectivity index (χ0n) is 54.1. The van der Waals surface area contributed by atoms with Crippen LogP contribution in [0.5, 0.6) is 0 Å². The van der Waals surface area contributed by atoms with Crippen molar-refractivity contribution in [3.63, 3.8) is 0 Å². The second kappa shape index (κ2) is 69.6. The largest absolute Gasteiger partial charge is 0.466 e. The molecule has 80 heavy (non-hydrogen) atoms. The summed E-state index contributed by atoms with van der Waals surface area (Å²) >= 11 is 0. The molecule has 0 saturated carbocycles. The maximum Gasteiger partial charge on any atom is 0.305 e. The monoisotopic (exact) mass is 1120 g/mol. The number of esters is 1. The van der Waals surface area contributed by atoms with Gasteiger partial charge >= 0.3 is 5.97 Å². The van der Waals surface area contributed by atoms with Gasteiger partial charge in [-0.05, 0) is 64.2 Å². The van der Waals surface area contributed by atoms with Gasteiger partial charge in [-0.15, -0.1) is 0 Å². The molecule has 0 heterocycles. The number of nitrogens with one attached hydrogen (secondary N) is 1. The molecular formula is C74H141NO5. The summed E-state index contributed by atoms with van der Waals surface area (Å²) in [6, 6.07) is -0.630. The molecule has 0 rings (SSSR count). The summed E-state index contributed by atoms with van der Waals surface area (Å²) < 4.78 is 5.47. The van der Waals surface area contributed by atoms with E-state index in [9.17, 15) is 19.8 Å². The molecule has 2 atom stereocenters. The maximum atomic E-state index is 12.5. The molecule has 6 heteroatoms. The fraction of sp³-hybridized carbons (Fsp3) is 0.892. The molecule has 2 unspecified atom stereocenters. The van der Waals surface area contributed by atoms with E-state index in [0.29, 0.717) is 19.4 Å². The Kier molecular flexibility index (Phi) is 67.9. The molecule has 3 N–H and O–H groups in total. The lowest BCUT2D eigenvalue weighted by atomic mass is 10.0. The third kappa shape index (κ3) is 65.2. The van der Waals surface area contributed by atoms with Gasteiger partial charge in [0.1, 0.15) is 0 Å². The van der Waals surface area contributed by atoms with E-state index in [1.165, 1.54) is 327 Å². The second-order valence-electron chi connectivity index (χ2n) is 24.9. The number of allylic oxidation sites excluding steroid dienone is 5. The lowest BCUT2D eigenvalue weighted by Crippen LogP contribution is -2.45. The van der Waals surface area contributed by atoms with E-state index in [2.05, 4.69) is 43.5 Å². The van der Waals surface area contributed by atoms with Crippen LogP contribution in [0.15, 0.2) is 36.5 Å². The number of aliphatic hydroxyl groups excluding tert-OH is 2. The summed E-state index contributed by atoms with van der Waals surface area (Å²) in [5.74, 6) is -0.0531. The highest BCUT2D eigenvalue weighted by Crippen LogP contribution is 2.19. The van der Waals surface area contributed by atoms with Gasteiger partial charge in [-0.2, -0.15) is 0 Å². The first kappa shape index (κ1) is 78.1. The van der Waals surface area contributed by atoms with Crippen LogP contribution in [0.4, 0.5) is 0 Å². The minimum atomic E-state index is -0.847. The maximum absolute atomic E-state index is 12.5. The molecular weight excluding hydrogens is 983 g/mol. The highest BCUT2D eigenvalue weighted by molar-refractivity contribution is 5.76. The van der Waals surface area contributed by atoms with Crippen molar-refractivity contribution in [1.29, 1.82) is 0 Å². The Bertz CT molecular complexity index is 1300. The lowest BCUT2D eigenvalue weighted by molar-refractivity contribution is -0.143. The summed E-state index contributed by atoms with van der Waals surface area (Å²) in [7, 11) is 0. The highest BCUT2D eigenvalue weighted by atomic mass is 16.5. The number of hydrogen-bond acceptors (Lipinski definition) is 5. The number of aliphatic hydroxyl groups is 2. The first-order valence-electron chi connectivity index (χ1n) is 36.3. The number of unbranched alkanes of at least 4 members (excludes halogenated alkanes) is 53. The van der Waals surface area contributed by atoms with Crippen LogP contribution >= 0.6 is 0 Å². The van der Waals surface area contributed by atoms with Crippen molar-refractivity contribution >= 4 is 11.9 Å². The molecule has 0 spiro atoms. The van der Waals surface area contributed by atoms with Gasteiger partial charge in [-0.3, -0.25) is 9.59 Å². The topological polar surface area (TPSA) is 95.9 Å². The Morgan fingerprint density at radius 1 is 0.350 bits per heavy atom. The van der Waals surface area contributed by atoms with Crippen LogP contribution in [0.3, 0.4) is 0 Å². The third-order valence-corrected chi connectivity index (χ3v) is 16.9. The van der Waals surface area contributed by atoms with E-state index in [-0.39, 0.29) is 18.5 Å². The normalized spacial score (nSPS) is 12.7. The molecule has 0 aromatic carbocycles. The number of hydrogen-bond donors (Lipinski definition) is 3. The Hall–Kier alpha value is -1.92. The molecule has 0 aliphatic heterocycles. The van der Waals surface area contributed by atoms with Crippen LogP contribution in [0.25, 0.3) is 0 Å². The van der Waals surface area contributed by atoms with Crippen molar-refractivity contribution in [3.8, 4) is 0 Å². The predicted molar refractivity (Wildman–Crippen MR) is 352 cm³/mol. The summed E-state index contributed by atoms with van der Waals surface area (Å²) in [5.41, 5.74) is 0. The van der Waals surface area contributed by atoms with Crippen molar-refractivity contribution in [2.45, 2.75) is 411 Å². The van der Waals surface area contributed by atoms with E-state index < -0.39 is 12.1 Å². The van der Waals surface area contributed by atoms with Crippen LogP contribution in [0.2, 0.25) is 0 Å². The Morgan fingerprint density at radius 3 is 0.950 bits per heavy atom. The standard InChI is InChI=1S/C74H141NO5/c1-3-5-7-9-11-13-15-16-17-18-19-20-28-31-34-37-40-43-47-50-54-58-62-66-72(77)71(70-76)75-73(78)67-63-59-55-51-48-44-41-38-35-32-29-26-24-22-21-23-25-27-30-33-36-39-42-45-49-53-57-61-65-69-80-74(79)68-64-60-56-52-46-14-12-10-8-6-4-2/h21,23,27,30,62,66,71-72,76-77H,3-20,22,24-26,28-29,31-61,63-65,67-70H2,1-2H3,(H,75,78)/b23-21-,30-27-,66-62+. The molecule has 0 aliphatic carbocycles. The fourth-order valence-corrected chi connectivity index (χ4v) is 11.4. The van der Waals surface area contributed by atoms with E-state index in [1.54, 1.807) is 6.08 Å². The van der Waals surface area contributed by atoms with Gasteiger partial charge < -0.3 is 20.3 Å². The van der Waals surface area contributed by atoms with Crippen LogP contribution in [0, 0.1) is 0 Å². The summed E-state index contributed by atoms with van der Waals surface area (Å²) in [6.45, 7) is 4.93. The minimum Gasteiger partial charge on any atom is -0.466 e. The van der Waals surface area contributed by atoms with E-state index in [0.717, 1.165) is 44.9 Å². The van der Waals surface area contributed by atoms with Crippen molar-refractivity contribution < 1.29 is 24.5 Å². The van der Waals surface area contributed by atoms with Gasteiger partial charge in [0.15, 0.2) is 0 Å². The molecule has 0 fully saturated rings. The van der Waals surface area contributed by atoms with Gasteiger partial charge in [-0.25, -0.2) is 0 Å². The quantitative estimate of drug-likeness (QED) is 0.0320. The van der Waals surface area contributed by atoms with E-state index in [1.807, 2.05) is 6.08 Å². The molecule has 0 aliphatic rings. The van der Waals surface area contributed by atoms with Gasteiger partial charge in [-0.1, -0.05) is 359 Å². The van der Waals surface area contributed by atoms with Gasteiger partial charge in [0, 0.05) is 12.8 Å². The van der Waals surface area contributed by atoms with E-state index >= 15 is 0 Å². The molecule has 0 aromatic heterocycles. The lowest BCUT2D eigenvalue weighted by Gasteiger charge is -2.20. The van der Waals surface area contributed by atoms with Crippen LogP contribution < -0.4 is 5.32 Å². The number of rotatable bonds is 68. The first-order valence-corrected chi connectivity index (χ1v) is 36.3. The highest BCUT2D eigenvalue weighted by Gasteiger charge is 2.18. The molecule has 0 aromatic rings. The number of carbonyl (C=O) groups excluding carboxylic acids is 2. The molecule has 0 bridgehead atoms. The van der Waals surface area contributed by atoms with Crippen molar-refractivity contribution in [1.82, 2.24) is 5.32 Å². The summed E-state index contributed by atoms with van der Waals surface area (Å²) in [6.07, 6.45) is 89.5. The second-order valence-corrected chi connectivity index (χ2v) is 24.9. The summed E-state index contributed by atoms with van der Waals surface area (Å²) in [5, 5.41) is 23.3. The van der Waals surface area contributed by atoms with Crippen molar-refractivity contribution in [3.05, 3.63) is 36.5 Å². The average molecular weight is 1120 g/mol. The Labute approximate surface area is 500 Å². The zero-order chi connectivity index (χ0) is 57.8. The van der Waals surface area contributed by atoms with Crippen LogP contribution in [-0.4, -0.2) is 47.4 Å². The zero-order valence-corrected chi connectivity index (χ0v) is 54.1. The molecule has 1 amide bonds. The smallest absolute Gasteiger partial charge is 0.305 e. The third-order valence-electron chi connectivity index (χ3n) is 16.9. The number of carbonyl (C=O) groups is 2. The van der Waals surface area contributed by atoms with Crippen molar-refractivity contribution in [2.75, 3.05) is 13.2 Å². The molecule has 472 valence electrons. The molecule has 0 radical (unpaired) electrons. The number of ether oxygens (including phenoxy) is 1. The Morgan fingerprint density at radius 2 is 0.625 bits per heavy atom. The minimum absolute atomic E-state index is 0.0118.